The largest absolute Gasteiger partial charge is 0.384 e. The number of aromatic nitrogens is 2. The first-order valence-corrected chi connectivity index (χ1v) is 10.3. The molecule has 1 aromatic heterocycles. The predicted octanol–water partition coefficient (Wildman–Crippen LogP) is 4.45. The Bertz CT molecular complexity index is 1050. The number of fused-ring (bicyclic) bond motifs is 1. The number of amidine groups is 2. The number of H-pyrrole nitrogens is 1. The highest BCUT2D eigenvalue weighted by Gasteiger charge is 2.07. The van der Waals surface area contributed by atoms with Crippen molar-refractivity contribution in [3.05, 3.63) is 53.6 Å². The summed E-state index contributed by atoms with van der Waals surface area (Å²) in [4.78, 5) is 16.7. The van der Waals surface area contributed by atoms with E-state index in [-0.39, 0.29) is 12.4 Å². The van der Waals surface area contributed by atoms with Crippen LogP contribution < -0.4 is 16.8 Å². The van der Waals surface area contributed by atoms with E-state index in [1.165, 1.54) is 0 Å². The zero-order valence-electron chi connectivity index (χ0n) is 18.5. The summed E-state index contributed by atoms with van der Waals surface area (Å²) in [6.07, 6.45) is 0. The maximum absolute atomic E-state index is 6.12. The van der Waals surface area contributed by atoms with Crippen molar-refractivity contribution in [1.82, 2.24) is 9.97 Å². The van der Waals surface area contributed by atoms with Gasteiger partial charge in [0, 0.05) is 29.9 Å². The summed E-state index contributed by atoms with van der Waals surface area (Å²) in [6.45, 7) is 9.90. The molecule has 3 rings (SSSR count). The summed E-state index contributed by atoms with van der Waals surface area (Å²) in [6, 6.07) is 13.7. The van der Waals surface area contributed by atoms with Crippen molar-refractivity contribution in [2.75, 3.05) is 18.4 Å². The second-order valence-corrected chi connectivity index (χ2v) is 8.26. The first kappa shape index (κ1) is 24.2. The van der Waals surface area contributed by atoms with Gasteiger partial charge in [-0.05, 0) is 54.3 Å². The Morgan fingerprint density at radius 1 is 0.903 bits per heavy atom. The number of aliphatic imine (C=N–C) groups is 2. The molecular formula is C23H32ClN7. The van der Waals surface area contributed by atoms with Crippen LogP contribution in [0.25, 0.3) is 11.0 Å². The number of hydrogen-bond donors (Lipinski definition) is 4. The molecule has 0 fully saturated rings. The van der Waals surface area contributed by atoms with E-state index in [4.69, 9.17) is 11.5 Å². The molecule has 0 aliphatic rings. The third-order valence-corrected chi connectivity index (χ3v) is 4.47. The van der Waals surface area contributed by atoms with Crippen LogP contribution >= 0.6 is 12.4 Å². The summed E-state index contributed by atoms with van der Waals surface area (Å²) < 4.78 is 0. The number of nitrogens with zero attached hydrogens (tertiary/aromatic N) is 3. The van der Waals surface area contributed by atoms with E-state index in [0.717, 1.165) is 34.4 Å². The third-order valence-electron chi connectivity index (χ3n) is 4.47. The quantitative estimate of drug-likeness (QED) is 0.305. The number of anilines is 2. The van der Waals surface area contributed by atoms with Gasteiger partial charge >= 0.3 is 0 Å². The fraction of sp³-hybridized carbons (Fsp3) is 0.348. The van der Waals surface area contributed by atoms with Gasteiger partial charge in [-0.1, -0.05) is 27.7 Å². The highest BCUT2D eigenvalue weighted by Crippen LogP contribution is 2.20. The fourth-order valence-electron chi connectivity index (χ4n) is 2.83. The van der Waals surface area contributed by atoms with Gasteiger partial charge in [0.1, 0.15) is 11.7 Å². The molecule has 0 spiro atoms. The van der Waals surface area contributed by atoms with Gasteiger partial charge < -0.3 is 21.8 Å². The molecule has 0 aliphatic heterocycles. The molecule has 2 aromatic carbocycles. The third kappa shape index (κ3) is 6.72. The van der Waals surface area contributed by atoms with Crippen LogP contribution in [0.1, 0.15) is 38.8 Å². The van der Waals surface area contributed by atoms with Crippen LogP contribution in [0.5, 0.6) is 0 Å². The van der Waals surface area contributed by atoms with Gasteiger partial charge in [-0.3, -0.25) is 9.98 Å². The van der Waals surface area contributed by atoms with Crippen molar-refractivity contribution in [2.45, 2.75) is 27.7 Å². The Balaban J connectivity index is 0.00000341. The van der Waals surface area contributed by atoms with Gasteiger partial charge in [0.2, 0.25) is 5.95 Å². The van der Waals surface area contributed by atoms with Crippen LogP contribution in [-0.2, 0) is 0 Å². The molecule has 6 N–H and O–H groups in total. The van der Waals surface area contributed by atoms with E-state index >= 15 is 0 Å². The standard InChI is InChI=1S/C23H31N7.ClH/c1-14(2)12-26-21(24)16-5-8-18(9-6-16)28-23-29-19-10-7-17(11-20(19)30-23)22(25)27-13-15(3)4;/h5-11,14-15H,12-13H2,1-4H3,(H2,24,26)(H2,25,27)(H2,28,29,30);1H. The zero-order valence-corrected chi connectivity index (χ0v) is 19.3. The smallest absolute Gasteiger partial charge is 0.205 e. The minimum absolute atomic E-state index is 0. The molecule has 31 heavy (non-hydrogen) atoms. The SMILES string of the molecule is CC(C)CN=C(N)c1ccc(Nc2nc3ccc(C(N)=NCC(C)C)cc3[nH]2)cc1.Cl. The molecule has 0 saturated heterocycles. The van der Waals surface area contributed by atoms with Gasteiger partial charge in [-0.25, -0.2) is 4.98 Å². The molecule has 0 aliphatic carbocycles. The van der Waals surface area contributed by atoms with E-state index in [1.54, 1.807) is 0 Å². The lowest BCUT2D eigenvalue weighted by Gasteiger charge is -2.06. The van der Waals surface area contributed by atoms with Crippen molar-refractivity contribution in [1.29, 1.82) is 0 Å². The summed E-state index contributed by atoms with van der Waals surface area (Å²) in [5.74, 6) is 2.72. The number of aromatic amines is 1. The Labute approximate surface area is 189 Å². The van der Waals surface area contributed by atoms with Gasteiger partial charge in [-0.2, -0.15) is 0 Å². The minimum Gasteiger partial charge on any atom is -0.384 e. The molecule has 0 atom stereocenters. The molecule has 0 unspecified atom stereocenters. The van der Waals surface area contributed by atoms with Crippen LogP contribution in [-0.4, -0.2) is 34.7 Å². The lowest BCUT2D eigenvalue weighted by Crippen LogP contribution is -2.15. The van der Waals surface area contributed by atoms with Crippen LogP contribution in [0.2, 0.25) is 0 Å². The molecule has 8 heteroatoms. The number of benzene rings is 2. The number of nitrogens with two attached hydrogens (primary N) is 2. The molecule has 1 heterocycles. The van der Waals surface area contributed by atoms with E-state index in [2.05, 4.69) is 53.0 Å². The topological polar surface area (TPSA) is 117 Å². The number of imidazole rings is 1. The molecular weight excluding hydrogens is 410 g/mol. The maximum atomic E-state index is 6.12. The molecule has 0 bridgehead atoms. The average Bonchev–Trinajstić information content (AvgIpc) is 3.12. The normalized spacial score (nSPS) is 12.5. The van der Waals surface area contributed by atoms with E-state index < -0.39 is 0 Å². The van der Waals surface area contributed by atoms with E-state index in [1.807, 2.05) is 42.5 Å². The summed E-state index contributed by atoms with van der Waals surface area (Å²) in [5.41, 5.74) is 16.7. The van der Waals surface area contributed by atoms with Crippen molar-refractivity contribution >= 4 is 46.7 Å². The Hall–Kier alpha value is -3.06. The van der Waals surface area contributed by atoms with E-state index in [0.29, 0.717) is 36.0 Å². The van der Waals surface area contributed by atoms with E-state index in [9.17, 15) is 0 Å². The Morgan fingerprint density at radius 2 is 1.45 bits per heavy atom. The van der Waals surface area contributed by atoms with Crippen LogP contribution in [0, 0.1) is 11.8 Å². The molecule has 166 valence electrons. The lowest BCUT2D eigenvalue weighted by molar-refractivity contribution is 0.665. The second kappa shape index (κ2) is 10.8. The summed E-state index contributed by atoms with van der Waals surface area (Å²) in [5, 5.41) is 3.29. The molecule has 0 amide bonds. The van der Waals surface area contributed by atoms with Crippen LogP contribution in [0.15, 0.2) is 52.4 Å². The van der Waals surface area contributed by atoms with Crippen molar-refractivity contribution in [2.24, 2.45) is 33.3 Å². The van der Waals surface area contributed by atoms with Crippen LogP contribution in [0.4, 0.5) is 11.6 Å². The first-order chi connectivity index (χ1) is 14.3. The molecule has 3 aromatic rings. The highest BCUT2D eigenvalue weighted by molar-refractivity contribution is 6.00. The zero-order chi connectivity index (χ0) is 21.7. The fourth-order valence-corrected chi connectivity index (χ4v) is 2.83. The first-order valence-electron chi connectivity index (χ1n) is 10.3. The Morgan fingerprint density at radius 3 is 2.03 bits per heavy atom. The monoisotopic (exact) mass is 441 g/mol. The lowest BCUT2D eigenvalue weighted by atomic mass is 10.2. The molecule has 7 nitrogen and oxygen atoms in total. The van der Waals surface area contributed by atoms with Gasteiger partial charge in [-0.15, -0.1) is 12.4 Å². The predicted molar refractivity (Wildman–Crippen MR) is 134 cm³/mol. The number of nitrogens with one attached hydrogen (secondary N) is 2. The van der Waals surface area contributed by atoms with Crippen LogP contribution in [0.3, 0.4) is 0 Å². The molecule has 0 radical (unpaired) electrons. The summed E-state index contributed by atoms with van der Waals surface area (Å²) >= 11 is 0. The highest BCUT2D eigenvalue weighted by atomic mass is 35.5. The number of halogens is 1. The number of rotatable bonds is 8. The van der Waals surface area contributed by atoms with Gasteiger partial charge in [0.05, 0.1) is 11.0 Å². The molecule has 0 saturated carbocycles. The van der Waals surface area contributed by atoms with Crippen molar-refractivity contribution in [3.63, 3.8) is 0 Å². The maximum Gasteiger partial charge on any atom is 0.205 e. The van der Waals surface area contributed by atoms with Gasteiger partial charge in [0.25, 0.3) is 0 Å². The number of hydrogen-bond acceptors (Lipinski definition) is 4. The van der Waals surface area contributed by atoms with Gasteiger partial charge in [0.15, 0.2) is 0 Å². The average molecular weight is 442 g/mol. The van der Waals surface area contributed by atoms with Crippen molar-refractivity contribution in [3.8, 4) is 0 Å². The second-order valence-electron chi connectivity index (χ2n) is 8.26. The van der Waals surface area contributed by atoms with Crippen molar-refractivity contribution < 1.29 is 0 Å². The minimum atomic E-state index is 0. The Kier molecular flexibility index (Phi) is 8.45. The summed E-state index contributed by atoms with van der Waals surface area (Å²) in [7, 11) is 0.